The molecule has 0 N–H and O–H groups in total. The van der Waals surface area contributed by atoms with Crippen LogP contribution in [0.4, 0.5) is 0 Å². The predicted molar refractivity (Wildman–Crippen MR) is 108 cm³/mol. The number of hydrogen-bond acceptors (Lipinski definition) is 6. The summed E-state index contributed by atoms with van der Waals surface area (Å²) in [5, 5.41) is 0. The molecule has 1 aromatic rings. The highest BCUT2D eigenvalue weighted by molar-refractivity contribution is 7.58. The first-order valence-corrected chi connectivity index (χ1v) is 12.4. The molecular weight excluding hydrogens is 379 g/mol. The van der Waals surface area contributed by atoms with E-state index in [2.05, 4.69) is 6.92 Å². The van der Waals surface area contributed by atoms with E-state index in [9.17, 15) is 4.57 Å². The van der Waals surface area contributed by atoms with Gasteiger partial charge in [-0.05, 0) is 39.2 Å². The molecule has 6 nitrogen and oxygen atoms in total. The third-order valence-electron chi connectivity index (χ3n) is 5.47. The van der Waals surface area contributed by atoms with Gasteiger partial charge in [-0.3, -0.25) is 4.57 Å². The van der Waals surface area contributed by atoms with Gasteiger partial charge in [-0.25, -0.2) is 0 Å². The first-order valence-electron chi connectivity index (χ1n) is 10.1. The normalized spacial score (nSPS) is 33.5. The zero-order valence-electron chi connectivity index (χ0n) is 17.6. The van der Waals surface area contributed by atoms with Crippen LogP contribution in [-0.4, -0.2) is 49.3 Å². The maximum absolute atomic E-state index is 12.7. The summed E-state index contributed by atoms with van der Waals surface area (Å²) >= 11 is 0. The summed E-state index contributed by atoms with van der Waals surface area (Å²) in [4.78, 5) is 0. The van der Waals surface area contributed by atoms with Crippen molar-refractivity contribution in [1.29, 1.82) is 0 Å². The third-order valence-corrected chi connectivity index (χ3v) is 7.31. The van der Waals surface area contributed by atoms with E-state index in [0.717, 1.165) is 5.56 Å². The summed E-state index contributed by atoms with van der Waals surface area (Å²) in [6.07, 6.45) is 0.588. The second-order valence-corrected chi connectivity index (χ2v) is 10.9. The fourth-order valence-electron chi connectivity index (χ4n) is 4.05. The Bertz CT molecular complexity index is 693. The summed E-state index contributed by atoms with van der Waals surface area (Å²) < 4.78 is 43.0. The standard InChI is InChI=1S/C21H33O6P/c1-6-21(13-14-28(5,22)24-7-2)18(23-15-16-11-9-8-10-12-16)17-19(27-21)26-20(3,4)25-17/h8-12,17-19H,6-7,13-15H2,1-5H3/t17?,18-,19+,21-,28?/m1/s1. The second kappa shape index (κ2) is 8.55. The highest BCUT2D eigenvalue weighted by Gasteiger charge is 2.61. The van der Waals surface area contributed by atoms with Crippen molar-refractivity contribution in [1.82, 2.24) is 0 Å². The zero-order valence-corrected chi connectivity index (χ0v) is 18.4. The van der Waals surface area contributed by atoms with Crippen molar-refractivity contribution in [3.8, 4) is 0 Å². The maximum Gasteiger partial charge on any atom is 0.200 e. The lowest BCUT2D eigenvalue weighted by Gasteiger charge is -2.36. The highest BCUT2D eigenvalue weighted by Crippen LogP contribution is 2.51. The molecule has 28 heavy (non-hydrogen) atoms. The van der Waals surface area contributed by atoms with Gasteiger partial charge in [0.25, 0.3) is 0 Å². The largest absolute Gasteiger partial charge is 0.368 e. The summed E-state index contributed by atoms with van der Waals surface area (Å²) in [5.74, 6) is -0.713. The lowest BCUT2D eigenvalue weighted by Crippen LogP contribution is -2.47. The molecule has 2 unspecified atom stereocenters. The second-order valence-electron chi connectivity index (χ2n) is 8.13. The first kappa shape index (κ1) is 21.9. The molecule has 0 radical (unpaired) electrons. The molecule has 0 amide bonds. The molecule has 0 aliphatic carbocycles. The Morgan fingerprint density at radius 3 is 2.46 bits per heavy atom. The fraction of sp³-hybridized carbons (Fsp3) is 0.714. The zero-order chi connectivity index (χ0) is 20.4. The maximum atomic E-state index is 12.7. The van der Waals surface area contributed by atoms with Crippen LogP contribution in [0.15, 0.2) is 30.3 Å². The Labute approximate surface area is 168 Å². The van der Waals surface area contributed by atoms with Gasteiger partial charge in [-0.2, -0.15) is 0 Å². The monoisotopic (exact) mass is 412 g/mol. The van der Waals surface area contributed by atoms with Crippen molar-refractivity contribution in [2.45, 2.75) is 77.0 Å². The van der Waals surface area contributed by atoms with Crippen LogP contribution in [0.2, 0.25) is 0 Å². The minimum Gasteiger partial charge on any atom is -0.368 e. The van der Waals surface area contributed by atoms with Gasteiger partial charge in [-0.1, -0.05) is 37.3 Å². The third kappa shape index (κ3) is 4.86. The van der Waals surface area contributed by atoms with Crippen LogP contribution >= 0.6 is 7.37 Å². The molecule has 158 valence electrons. The average molecular weight is 412 g/mol. The molecule has 0 bridgehead atoms. The lowest BCUT2D eigenvalue weighted by molar-refractivity contribution is -0.246. The number of ether oxygens (including phenoxy) is 4. The molecule has 2 aliphatic rings. The SMILES string of the molecule is CCOP(C)(=O)CC[C@@]1(CC)O[C@@H]2OC(C)(C)OC2[C@H]1OCc1ccccc1. The summed E-state index contributed by atoms with van der Waals surface area (Å²) in [5.41, 5.74) is 0.466. The van der Waals surface area contributed by atoms with Gasteiger partial charge in [0.1, 0.15) is 17.8 Å². The molecule has 0 spiro atoms. The Balaban J connectivity index is 1.79. The lowest BCUT2D eigenvalue weighted by atomic mass is 9.89. The quantitative estimate of drug-likeness (QED) is 0.554. The summed E-state index contributed by atoms with van der Waals surface area (Å²) in [6.45, 7) is 10.3. The molecule has 0 aromatic heterocycles. The van der Waals surface area contributed by atoms with E-state index < -0.39 is 25.0 Å². The van der Waals surface area contributed by atoms with Crippen LogP contribution in [0, 0.1) is 0 Å². The van der Waals surface area contributed by atoms with E-state index in [0.29, 0.717) is 32.2 Å². The Morgan fingerprint density at radius 1 is 1.11 bits per heavy atom. The fourth-order valence-corrected chi connectivity index (χ4v) is 5.51. The minimum absolute atomic E-state index is 0.314. The Hall–Kier alpha value is -0.750. The van der Waals surface area contributed by atoms with Crippen LogP contribution in [-0.2, 0) is 34.6 Å². The van der Waals surface area contributed by atoms with E-state index in [1.807, 2.05) is 51.1 Å². The Kier molecular flexibility index (Phi) is 6.70. The van der Waals surface area contributed by atoms with E-state index in [1.54, 1.807) is 6.66 Å². The molecular formula is C21H33O6P. The minimum atomic E-state index is -2.68. The van der Waals surface area contributed by atoms with Crippen LogP contribution in [0.5, 0.6) is 0 Å². The van der Waals surface area contributed by atoms with Gasteiger partial charge < -0.3 is 23.5 Å². The molecule has 0 saturated carbocycles. The van der Waals surface area contributed by atoms with Crippen molar-refractivity contribution in [2.75, 3.05) is 19.4 Å². The van der Waals surface area contributed by atoms with E-state index in [4.69, 9.17) is 23.5 Å². The van der Waals surface area contributed by atoms with E-state index in [1.165, 1.54) is 0 Å². The number of fused-ring (bicyclic) bond motifs is 1. The predicted octanol–water partition coefficient (Wildman–Crippen LogP) is 4.56. The molecule has 2 fully saturated rings. The number of benzene rings is 1. The van der Waals surface area contributed by atoms with Crippen molar-refractivity contribution in [3.63, 3.8) is 0 Å². The van der Waals surface area contributed by atoms with E-state index in [-0.39, 0.29) is 12.2 Å². The van der Waals surface area contributed by atoms with Gasteiger partial charge in [0.15, 0.2) is 19.4 Å². The molecule has 1 aromatic carbocycles. The molecule has 2 aliphatic heterocycles. The molecule has 3 rings (SSSR count). The topological polar surface area (TPSA) is 63.2 Å². The first-order chi connectivity index (χ1) is 13.2. The summed E-state index contributed by atoms with van der Waals surface area (Å²) in [7, 11) is -2.68. The van der Waals surface area contributed by atoms with Crippen molar-refractivity contribution >= 4 is 7.37 Å². The number of hydrogen-bond donors (Lipinski definition) is 0. The molecule has 7 heteroatoms. The summed E-state index contributed by atoms with van der Waals surface area (Å²) in [6, 6.07) is 10.0. The van der Waals surface area contributed by atoms with Crippen LogP contribution in [0.1, 0.15) is 46.1 Å². The van der Waals surface area contributed by atoms with Crippen LogP contribution in [0.3, 0.4) is 0 Å². The highest BCUT2D eigenvalue weighted by atomic mass is 31.2. The average Bonchev–Trinajstić information content (AvgIpc) is 3.08. The molecule has 5 atom stereocenters. The molecule has 2 heterocycles. The van der Waals surface area contributed by atoms with Gasteiger partial charge >= 0.3 is 0 Å². The van der Waals surface area contributed by atoms with Crippen LogP contribution < -0.4 is 0 Å². The van der Waals surface area contributed by atoms with Gasteiger partial charge in [0, 0.05) is 12.8 Å². The van der Waals surface area contributed by atoms with Crippen molar-refractivity contribution < 1.29 is 28.0 Å². The van der Waals surface area contributed by atoms with Crippen molar-refractivity contribution in [2.24, 2.45) is 0 Å². The van der Waals surface area contributed by atoms with Gasteiger partial charge in [0.2, 0.25) is 0 Å². The van der Waals surface area contributed by atoms with Crippen molar-refractivity contribution in [3.05, 3.63) is 35.9 Å². The number of rotatable bonds is 9. The van der Waals surface area contributed by atoms with Gasteiger partial charge in [-0.15, -0.1) is 0 Å². The molecule has 2 saturated heterocycles. The van der Waals surface area contributed by atoms with E-state index >= 15 is 0 Å². The van der Waals surface area contributed by atoms with Gasteiger partial charge in [0.05, 0.1) is 13.2 Å². The van der Waals surface area contributed by atoms with Crippen LogP contribution in [0.25, 0.3) is 0 Å². The smallest absolute Gasteiger partial charge is 0.200 e. The Morgan fingerprint density at radius 2 is 1.82 bits per heavy atom.